The highest BCUT2D eigenvalue weighted by molar-refractivity contribution is 7.12. The molecule has 3 heteroatoms. The van der Waals surface area contributed by atoms with Crippen molar-refractivity contribution in [3.8, 4) is 0 Å². The molecule has 17 heavy (non-hydrogen) atoms. The number of hydrogen-bond donors (Lipinski definition) is 0. The zero-order chi connectivity index (χ0) is 12.3. The molecule has 0 fully saturated rings. The lowest BCUT2D eigenvalue weighted by Gasteiger charge is -2.00. The van der Waals surface area contributed by atoms with Crippen LogP contribution in [0.5, 0.6) is 0 Å². The van der Waals surface area contributed by atoms with Crippen molar-refractivity contribution in [3.05, 3.63) is 57.3 Å². The fourth-order valence-corrected chi connectivity index (χ4v) is 2.56. The van der Waals surface area contributed by atoms with Gasteiger partial charge in [0.1, 0.15) is 4.88 Å². The van der Waals surface area contributed by atoms with Gasteiger partial charge < -0.3 is 4.74 Å². The van der Waals surface area contributed by atoms with E-state index in [1.54, 1.807) is 0 Å². The smallest absolute Gasteiger partial charge is 0.348 e. The molecule has 0 spiro atoms. The highest BCUT2D eigenvalue weighted by Crippen LogP contribution is 2.19. The number of carbonyl (C=O) groups excluding carboxylic acids is 1. The highest BCUT2D eigenvalue weighted by atomic mass is 32.1. The average molecular weight is 246 g/mol. The zero-order valence-corrected chi connectivity index (χ0v) is 10.7. The number of ether oxygens (including phenoxy) is 1. The van der Waals surface area contributed by atoms with Crippen LogP contribution in [0.2, 0.25) is 0 Å². The molecule has 0 radical (unpaired) electrons. The molecule has 1 aromatic heterocycles. The van der Waals surface area contributed by atoms with Crippen LogP contribution < -0.4 is 0 Å². The van der Waals surface area contributed by atoms with Gasteiger partial charge in [-0.05, 0) is 35.9 Å². The van der Waals surface area contributed by atoms with E-state index in [-0.39, 0.29) is 5.97 Å². The van der Waals surface area contributed by atoms with E-state index in [1.165, 1.54) is 29.6 Å². The van der Waals surface area contributed by atoms with Gasteiger partial charge in [0.15, 0.2) is 0 Å². The predicted molar refractivity (Wildman–Crippen MR) is 69.6 cm³/mol. The fourth-order valence-electron chi connectivity index (χ4n) is 1.73. The summed E-state index contributed by atoms with van der Waals surface area (Å²) >= 11 is 1.43. The van der Waals surface area contributed by atoms with Gasteiger partial charge in [0.2, 0.25) is 0 Å². The summed E-state index contributed by atoms with van der Waals surface area (Å²) in [5.74, 6) is -0.259. The van der Waals surface area contributed by atoms with Crippen LogP contribution in [0.15, 0.2) is 35.7 Å². The number of esters is 1. The number of thiophene rings is 1. The molecule has 0 saturated heterocycles. The number of carbonyl (C=O) groups is 1. The Morgan fingerprint density at radius 2 is 2.12 bits per heavy atom. The van der Waals surface area contributed by atoms with E-state index in [0.717, 1.165) is 12.0 Å². The normalized spacial score (nSPS) is 10.2. The van der Waals surface area contributed by atoms with Crippen molar-refractivity contribution in [3.63, 3.8) is 0 Å². The summed E-state index contributed by atoms with van der Waals surface area (Å²) in [7, 11) is 1.41. The second kappa shape index (κ2) is 5.15. The van der Waals surface area contributed by atoms with E-state index in [9.17, 15) is 4.79 Å². The predicted octanol–water partition coefficient (Wildman–Crippen LogP) is 3.43. The summed E-state index contributed by atoms with van der Waals surface area (Å²) < 4.78 is 4.69. The third-order valence-corrected chi connectivity index (χ3v) is 3.49. The summed E-state index contributed by atoms with van der Waals surface area (Å²) in [6, 6.07) is 10.3. The second-order valence-corrected chi connectivity index (χ2v) is 4.89. The van der Waals surface area contributed by atoms with Crippen LogP contribution in [0.1, 0.15) is 26.4 Å². The molecule has 88 valence electrons. The number of hydrogen-bond acceptors (Lipinski definition) is 3. The molecule has 1 heterocycles. The maximum Gasteiger partial charge on any atom is 0.348 e. The van der Waals surface area contributed by atoms with Crippen LogP contribution in [0.3, 0.4) is 0 Å². The number of aryl methyl sites for hydroxylation is 1. The van der Waals surface area contributed by atoms with Gasteiger partial charge in [-0.15, -0.1) is 11.3 Å². The molecule has 2 nitrogen and oxygen atoms in total. The zero-order valence-electron chi connectivity index (χ0n) is 9.90. The van der Waals surface area contributed by atoms with Crippen LogP contribution in [-0.4, -0.2) is 13.1 Å². The van der Waals surface area contributed by atoms with Crippen LogP contribution >= 0.6 is 11.3 Å². The lowest BCUT2D eigenvalue weighted by molar-refractivity contribution is 0.0606. The minimum Gasteiger partial charge on any atom is -0.465 e. The molecule has 0 atom stereocenters. The Labute approximate surface area is 105 Å². The van der Waals surface area contributed by atoms with Crippen molar-refractivity contribution in [2.24, 2.45) is 0 Å². The number of methoxy groups -OCH3 is 1. The van der Waals surface area contributed by atoms with Gasteiger partial charge in [-0.3, -0.25) is 0 Å². The lowest BCUT2D eigenvalue weighted by Crippen LogP contribution is -1.97. The van der Waals surface area contributed by atoms with Crippen molar-refractivity contribution in [2.45, 2.75) is 13.3 Å². The molecule has 0 aliphatic carbocycles. The summed E-state index contributed by atoms with van der Waals surface area (Å²) in [5, 5.41) is 2.01. The van der Waals surface area contributed by atoms with Gasteiger partial charge in [-0.25, -0.2) is 4.79 Å². The summed E-state index contributed by atoms with van der Waals surface area (Å²) in [6.07, 6.45) is 0.856. The molecule has 0 amide bonds. The largest absolute Gasteiger partial charge is 0.465 e. The van der Waals surface area contributed by atoms with E-state index in [2.05, 4.69) is 31.2 Å². The maximum atomic E-state index is 11.3. The van der Waals surface area contributed by atoms with Gasteiger partial charge >= 0.3 is 5.97 Å². The van der Waals surface area contributed by atoms with Crippen molar-refractivity contribution in [1.82, 2.24) is 0 Å². The van der Waals surface area contributed by atoms with Gasteiger partial charge in [0, 0.05) is 0 Å². The van der Waals surface area contributed by atoms with E-state index in [4.69, 9.17) is 4.74 Å². The van der Waals surface area contributed by atoms with Gasteiger partial charge in [-0.1, -0.05) is 29.8 Å². The molecular weight excluding hydrogens is 232 g/mol. The quantitative estimate of drug-likeness (QED) is 0.775. The Balaban J connectivity index is 2.14. The molecule has 2 rings (SSSR count). The summed E-state index contributed by atoms with van der Waals surface area (Å²) in [5.41, 5.74) is 3.67. The first kappa shape index (κ1) is 11.9. The highest BCUT2D eigenvalue weighted by Gasteiger charge is 2.09. The standard InChI is InChI=1S/C14H14O2S/c1-10-4-3-5-11(6-10)7-12-8-13(17-9-12)14(15)16-2/h3-6,8-9H,7H2,1-2H3. The van der Waals surface area contributed by atoms with Crippen molar-refractivity contribution < 1.29 is 9.53 Å². The molecule has 0 N–H and O–H groups in total. The Hall–Kier alpha value is -1.61. The van der Waals surface area contributed by atoms with Crippen molar-refractivity contribution in [2.75, 3.05) is 7.11 Å². The van der Waals surface area contributed by atoms with Gasteiger partial charge in [-0.2, -0.15) is 0 Å². The van der Waals surface area contributed by atoms with E-state index in [1.807, 2.05) is 11.4 Å². The van der Waals surface area contributed by atoms with E-state index < -0.39 is 0 Å². The molecular formula is C14H14O2S. The minimum absolute atomic E-state index is 0.259. The van der Waals surface area contributed by atoms with E-state index >= 15 is 0 Å². The molecule has 0 aliphatic rings. The molecule has 1 aromatic carbocycles. The average Bonchev–Trinajstić information content (AvgIpc) is 2.76. The molecule has 2 aromatic rings. The monoisotopic (exact) mass is 246 g/mol. The van der Waals surface area contributed by atoms with Crippen molar-refractivity contribution >= 4 is 17.3 Å². The second-order valence-electron chi connectivity index (χ2n) is 3.98. The van der Waals surface area contributed by atoms with Gasteiger partial charge in [0.05, 0.1) is 7.11 Å². The molecule has 0 aliphatic heterocycles. The van der Waals surface area contributed by atoms with Crippen molar-refractivity contribution in [1.29, 1.82) is 0 Å². The van der Waals surface area contributed by atoms with Gasteiger partial charge in [0.25, 0.3) is 0 Å². The third-order valence-electron chi connectivity index (χ3n) is 2.53. The molecule has 0 bridgehead atoms. The fraction of sp³-hybridized carbons (Fsp3) is 0.214. The van der Waals surface area contributed by atoms with Crippen LogP contribution in [0.4, 0.5) is 0 Å². The Morgan fingerprint density at radius 1 is 1.29 bits per heavy atom. The van der Waals surface area contributed by atoms with Crippen LogP contribution in [0.25, 0.3) is 0 Å². The Kier molecular flexibility index (Phi) is 3.59. The first-order chi connectivity index (χ1) is 8.19. The van der Waals surface area contributed by atoms with Crippen LogP contribution in [0, 0.1) is 6.92 Å². The number of rotatable bonds is 3. The third kappa shape index (κ3) is 2.94. The number of benzene rings is 1. The molecule has 0 saturated carbocycles. The SMILES string of the molecule is COC(=O)c1cc(Cc2cccc(C)c2)cs1. The Morgan fingerprint density at radius 3 is 2.82 bits per heavy atom. The first-order valence-corrected chi connectivity index (χ1v) is 6.28. The minimum atomic E-state index is -0.259. The lowest BCUT2D eigenvalue weighted by atomic mass is 10.1. The summed E-state index contributed by atoms with van der Waals surface area (Å²) in [4.78, 5) is 12.0. The van der Waals surface area contributed by atoms with E-state index in [0.29, 0.717) is 4.88 Å². The summed E-state index contributed by atoms with van der Waals surface area (Å²) in [6.45, 7) is 2.08. The maximum absolute atomic E-state index is 11.3. The first-order valence-electron chi connectivity index (χ1n) is 5.40. The molecule has 0 unspecified atom stereocenters. The van der Waals surface area contributed by atoms with Crippen LogP contribution in [-0.2, 0) is 11.2 Å². The Bertz CT molecular complexity index is 529. The topological polar surface area (TPSA) is 26.3 Å².